The van der Waals surface area contributed by atoms with E-state index >= 15 is 0 Å². The van der Waals surface area contributed by atoms with Crippen molar-refractivity contribution in [3.05, 3.63) is 128 Å². The van der Waals surface area contributed by atoms with Gasteiger partial charge in [0.2, 0.25) is 0 Å². The zero-order valence-electron chi connectivity index (χ0n) is 27.6. The van der Waals surface area contributed by atoms with E-state index in [1.165, 1.54) is 90.7 Å². The number of carboxylic acid groups (broad SMARTS) is 3. The number of unbranched alkanes of at least 4 members (excludes halogenated alkanes) is 3. The number of thiophene rings is 1. The van der Waals surface area contributed by atoms with Gasteiger partial charge in [0.25, 0.3) is 0 Å². The zero-order valence-corrected chi connectivity index (χ0v) is 30.2. The van der Waals surface area contributed by atoms with Crippen LogP contribution in [-0.4, -0.2) is 53.2 Å². The summed E-state index contributed by atoms with van der Waals surface area (Å²) in [5, 5.41) is 27.6. The molecule has 0 radical (unpaired) electrons. The molecule has 0 fully saturated rings. The first-order valence-electron chi connectivity index (χ1n) is 15.8. The molecule has 5 N–H and O–H groups in total. The average molecular weight is 794 g/mol. The molecule has 0 amide bonds. The Hall–Kier alpha value is -5.01. The van der Waals surface area contributed by atoms with E-state index in [9.17, 15) is 19.5 Å². The molecule has 51 heavy (non-hydrogen) atoms. The van der Waals surface area contributed by atoms with Crippen molar-refractivity contribution in [1.82, 2.24) is 19.9 Å². The van der Waals surface area contributed by atoms with Gasteiger partial charge in [-0.05, 0) is 85.1 Å². The molecule has 12 nitrogen and oxygen atoms in total. The third-order valence-corrected chi connectivity index (χ3v) is 8.44. The number of rotatable bonds is 14. The molecule has 0 aromatic carbocycles. The van der Waals surface area contributed by atoms with Crippen LogP contribution in [0, 0.1) is 0 Å². The third-order valence-electron chi connectivity index (χ3n) is 7.33. The minimum absolute atomic E-state index is 0. The smallest absolute Gasteiger partial charge is 0.672 e. The first kappa shape index (κ1) is 40.4. The first-order chi connectivity index (χ1) is 24.1. The summed E-state index contributed by atoms with van der Waals surface area (Å²) in [5.74, 6) is -3.56. The maximum atomic E-state index is 11.5. The molecule has 0 aliphatic carbocycles. The van der Waals surface area contributed by atoms with Gasteiger partial charge in [-0.3, -0.25) is 15.0 Å². The summed E-state index contributed by atoms with van der Waals surface area (Å²) < 4.78 is 0. The van der Waals surface area contributed by atoms with Gasteiger partial charge in [0.15, 0.2) is 0 Å². The topological polar surface area (TPSA) is 211 Å². The van der Waals surface area contributed by atoms with E-state index in [2.05, 4.69) is 51.1 Å². The van der Waals surface area contributed by atoms with E-state index in [1.54, 1.807) is 0 Å². The van der Waals surface area contributed by atoms with Gasteiger partial charge in [-0.15, -0.1) is 24.4 Å². The zero-order chi connectivity index (χ0) is 36.0. The fourth-order valence-corrected chi connectivity index (χ4v) is 5.76. The predicted octanol–water partition coefficient (Wildman–Crippen LogP) is 8.84. The average Bonchev–Trinajstić information content (AvgIpc) is 3.60. The summed E-state index contributed by atoms with van der Waals surface area (Å²) in [6.45, 7) is 2.57. The summed E-state index contributed by atoms with van der Waals surface area (Å²) >= 11 is 1.85. The largest absolute Gasteiger partial charge is 2.00 e. The first-order valence-corrected chi connectivity index (χ1v) is 16.6. The van der Waals surface area contributed by atoms with Crippen LogP contribution in [0.1, 0.15) is 90.4 Å². The SMILES string of the molecule is CCCCCCc1ccc(/C=C/c2cc(C[NH-])nc(C[NH-])c2)s1.O=C(O)c1ccnc(-c2cc(C(=O)O)cc(-c3cc(C(=O)O)ccn3)n2)c1.[Ru+2]. The second kappa shape index (κ2) is 20.0. The van der Waals surface area contributed by atoms with Gasteiger partial charge >= 0.3 is 37.4 Å². The van der Waals surface area contributed by atoms with Crippen molar-refractivity contribution in [2.75, 3.05) is 0 Å². The molecule has 5 aromatic heterocycles. The maximum Gasteiger partial charge on any atom is 2.00 e. The third kappa shape index (κ3) is 12.1. The number of hydrogen-bond donors (Lipinski definition) is 3. The fourth-order valence-electron chi connectivity index (χ4n) is 4.80. The van der Waals surface area contributed by atoms with Crippen LogP contribution in [0.15, 0.2) is 73.1 Å². The predicted molar refractivity (Wildman–Crippen MR) is 193 cm³/mol. The molecule has 0 unspecified atom stereocenters. The van der Waals surface area contributed by atoms with Crippen LogP contribution in [0.25, 0.3) is 46.4 Å². The summed E-state index contributed by atoms with van der Waals surface area (Å²) in [6, 6.07) is 15.9. The summed E-state index contributed by atoms with van der Waals surface area (Å²) in [5.41, 5.74) is 17.8. The Morgan fingerprint density at radius 3 is 1.69 bits per heavy atom. The second-order valence-electron chi connectivity index (χ2n) is 11.1. The monoisotopic (exact) mass is 794 g/mol. The molecule has 0 spiro atoms. The number of hydrogen-bond acceptors (Lipinski definition) is 8. The number of aromatic carboxylic acids is 3. The summed E-state index contributed by atoms with van der Waals surface area (Å²) in [4.78, 5) is 53.1. The van der Waals surface area contributed by atoms with Crippen LogP contribution in [0.3, 0.4) is 0 Å². The van der Waals surface area contributed by atoms with Crippen molar-refractivity contribution in [1.29, 1.82) is 0 Å². The molecule has 5 aromatic rings. The number of aryl methyl sites for hydroxylation is 1. The van der Waals surface area contributed by atoms with Crippen LogP contribution in [-0.2, 0) is 39.0 Å². The number of aromatic nitrogens is 4. The molecule has 0 aliphatic heterocycles. The van der Waals surface area contributed by atoms with Gasteiger partial charge in [0.1, 0.15) is 0 Å². The molecule has 0 saturated carbocycles. The number of carboxylic acids is 3. The van der Waals surface area contributed by atoms with E-state index < -0.39 is 17.9 Å². The van der Waals surface area contributed by atoms with Crippen molar-refractivity contribution < 1.29 is 49.2 Å². The van der Waals surface area contributed by atoms with Gasteiger partial charge in [-0.1, -0.05) is 32.3 Å². The van der Waals surface area contributed by atoms with Crippen LogP contribution < -0.4 is 0 Å². The minimum Gasteiger partial charge on any atom is -0.672 e. The maximum absolute atomic E-state index is 11.5. The van der Waals surface area contributed by atoms with Crippen molar-refractivity contribution in [3.8, 4) is 22.8 Å². The van der Waals surface area contributed by atoms with Gasteiger partial charge in [-0.25, -0.2) is 19.4 Å². The second-order valence-corrected chi connectivity index (χ2v) is 12.3. The molecule has 264 valence electrons. The van der Waals surface area contributed by atoms with E-state index in [4.69, 9.17) is 21.7 Å². The van der Waals surface area contributed by atoms with Crippen molar-refractivity contribution >= 4 is 41.4 Å². The van der Waals surface area contributed by atoms with Crippen molar-refractivity contribution in [2.45, 2.75) is 52.1 Å². The summed E-state index contributed by atoms with van der Waals surface area (Å²) in [6.07, 6.45) is 13.1. The number of pyridine rings is 4. The Balaban J connectivity index is 0.000000274. The normalized spacial score (nSPS) is 10.6. The van der Waals surface area contributed by atoms with Crippen LogP contribution in [0.4, 0.5) is 0 Å². The van der Waals surface area contributed by atoms with Gasteiger partial charge < -0.3 is 26.8 Å². The van der Waals surface area contributed by atoms with E-state index in [0.29, 0.717) is 0 Å². The van der Waals surface area contributed by atoms with Crippen LogP contribution in [0.2, 0.25) is 0 Å². The van der Waals surface area contributed by atoms with Gasteiger partial charge in [0, 0.05) is 33.5 Å². The van der Waals surface area contributed by atoms with Crippen LogP contribution >= 0.6 is 11.3 Å². The molecule has 0 atom stereocenters. The fraction of sp³-hybridized carbons (Fsp3) is 0.216. The molecular formula is C37H36N6O6RuS. The minimum atomic E-state index is -1.23. The molecule has 0 saturated heterocycles. The molecule has 0 bridgehead atoms. The van der Waals surface area contributed by atoms with Gasteiger partial charge in [-0.2, -0.15) is 0 Å². The summed E-state index contributed by atoms with van der Waals surface area (Å²) in [7, 11) is 0. The Morgan fingerprint density at radius 2 is 1.20 bits per heavy atom. The van der Waals surface area contributed by atoms with Crippen molar-refractivity contribution in [2.24, 2.45) is 0 Å². The number of nitrogens with one attached hydrogen (secondary N) is 2. The molecule has 5 rings (SSSR count). The Labute approximate surface area is 312 Å². The van der Waals surface area contributed by atoms with Crippen molar-refractivity contribution in [3.63, 3.8) is 0 Å². The molecule has 14 heteroatoms. The Kier molecular flexibility index (Phi) is 15.8. The van der Waals surface area contributed by atoms with Gasteiger partial charge in [0.05, 0.1) is 39.5 Å². The van der Waals surface area contributed by atoms with Crippen LogP contribution in [0.5, 0.6) is 0 Å². The molecule has 0 aliphatic rings. The van der Waals surface area contributed by atoms with E-state index in [-0.39, 0.29) is 72.0 Å². The molecule has 5 heterocycles. The van der Waals surface area contributed by atoms with E-state index in [0.717, 1.165) is 17.0 Å². The quantitative estimate of drug-likeness (QED) is 0.0718. The standard InChI is InChI=1S/C19H25N3S.C18H11N3O6.Ru/c1-2-3-4-5-6-18-9-10-19(23-18)8-7-15-11-16(13-20)22-17(12-15)14-21;22-16(23)9-1-3-19-12(5-9)14-7-11(18(26)27)8-15(21-14)13-6-10(17(24)25)2-4-20-13;/h7-12,20-21H,2-6,13-14H2,1H3;1-8H,(H,22,23)(H,24,25)(H,26,27);/q-2;;+2/b8-7+;;. The Morgan fingerprint density at radius 1 is 0.667 bits per heavy atom. The Bertz CT molecular complexity index is 1900. The number of nitrogens with zero attached hydrogens (tertiary/aromatic N) is 4. The molecular weight excluding hydrogens is 758 g/mol. The number of carbonyl (C=O) groups is 3. The van der Waals surface area contributed by atoms with E-state index in [1.807, 2.05) is 23.5 Å².